The van der Waals surface area contributed by atoms with Crippen LogP contribution in [0.15, 0.2) is 0 Å². The molecule has 0 bridgehead atoms. The largest absolute Gasteiger partial charge is 0.319 e. The lowest BCUT2D eigenvalue weighted by molar-refractivity contribution is -0.973. The van der Waals surface area contributed by atoms with Crippen molar-refractivity contribution in [2.75, 3.05) is 13.1 Å². The van der Waals surface area contributed by atoms with Gasteiger partial charge in [0.15, 0.2) is 0 Å². The minimum atomic E-state index is 0.883. The molecule has 1 spiro atoms. The van der Waals surface area contributed by atoms with Crippen LogP contribution in [0.4, 0.5) is 0 Å². The van der Waals surface area contributed by atoms with Crippen molar-refractivity contribution in [3.8, 4) is 0 Å². The Hall–Kier alpha value is -0.0400. The topological polar surface area (TPSA) is 0 Å². The maximum absolute atomic E-state index is 2.51. The monoisotopic (exact) mass is 210 g/mol. The Morgan fingerprint density at radius 3 is 1.47 bits per heavy atom. The van der Waals surface area contributed by atoms with Gasteiger partial charge in [0.1, 0.15) is 0 Å². The summed E-state index contributed by atoms with van der Waals surface area (Å²) in [5.41, 5.74) is 0. The Morgan fingerprint density at radius 2 is 1.07 bits per heavy atom. The zero-order valence-corrected chi connectivity index (χ0v) is 11.2. The lowest BCUT2D eigenvalue weighted by Gasteiger charge is -2.56. The molecule has 2 saturated heterocycles. The molecule has 2 rings (SSSR count). The van der Waals surface area contributed by atoms with Gasteiger partial charge < -0.3 is 4.48 Å². The van der Waals surface area contributed by atoms with Crippen LogP contribution in [0.3, 0.4) is 0 Å². The first kappa shape index (κ1) is 11.4. The standard InChI is InChI=1S/C14H28N/c1-10-11(2)13(4)15(8-6-7-9-15)14(5)12(10)3/h10-14H,6-9H2,1-5H3/q+1. The molecule has 0 radical (unpaired) electrons. The summed E-state index contributed by atoms with van der Waals surface area (Å²) in [5, 5.41) is 0. The summed E-state index contributed by atoms with van der Waals surface area (Å²) in [5.74, 6) is 2.70. The van der Waals surface area contributed by atoms with Crippen LogP contribution >= 0.6 is 0 Å². The highest BCUT2D eigenvalue weighted by Crippen LogP contribution is 2.44. The number of rotatable bonds is 0. The number of hydrogen-bond donors (Lipinski definition) is 0. The molecule has 0 N–H and O–H groups in total. The van der Waals surface area contributed by atoms with E-state index in [0.29, 0.717) is 0 Å². The van der Waals surface area contributed by atoms with E-state index in [1.165, 1.54) is 30.4 Å². The van der Waals surface area contributed by atoms with Crippen LogP contribution in [0.25, 0.3) is 0 Å². The van der Waals surface area contributed by atoms with Crippen molar-refractivity contribution in [2.24, 2.45) is 17.8 Å². The average Bonchev–Trinajstić information content (AvgIpc) is 2.72. The van der Waals surface area contributed by atoms with Gasteiger partial charge in [0, 0.05) is 24.7 Å². The molecule has 4 atom stereocenters. The van der Waals surface area contributed by atoms with E-state index in [1.807, 2.05) is 0 Å². The maximum atomic E-state index is 2.51. The normalized spacial score (nSPS) is 49.8. The Bertz CT molecular complexity index is 211. The molecular formula is C14H28N+. The third-order valence-electron chi connectivity index (χ3n) is 6.20. The molecular weight excluding hydrogens is 182 g/mol. The third kappa shape index (κ3) is 1.46. The number of nitrogens with zero attached hydrogens (tertiary/aromatic N) is 1. The molecule has 0 aromatic carbocycles. The van der Waals surface area contributed by atoms with Crippen LogP contribution in [0, 0.1) is 17.8 Å². The van der Waals surface area contributed by atoms with Crippen LogP contribution in [-0.4, -0.2) is 29.7 Å². The smallest absolute Gasteiger partial charge is 0.0892 e. The maximum Gasteiger partial charge on any atom is 0.0892 e. The Morgan fingerprint density at radius 1 is 0.667 bits per heavy atom. The predicted molar refractivity (Wildman–Crippen MR) is 65.6 cm³/mol. The highest BCUT2D eigenvalue weighted by molar-refractivity contribution is 4.85. The summed E-state index contributed by atoms with van der Waals surface area (Å²) in [6.45, 7) is 15.3. The van der Waals surface area contributed by atoms with Gasteiger partial charge in [0.2, 0.25) is 0 Å². The van der Waals surface area contributed by atoms with Crippen molar-refractivity contribution in [1.29, 1.82) is 0 Å². The summed E-state index contributed by atoms with van der Waals surface area (Å²) < 4.78 is 1.44. The van der Waals surface area contributed by atoms with Gasteiger partial charge in [-0.1, -0.05) is 20.8 Å². The van der Waals surface area contributed by atoms with Gasteiger partial charge in [-0.25, -0.2) is 0 Å². The van der Waals surface area contributed by atoms with E-state index in [2.05, 4.69) is 34.6 Å². The fourth-order valence-electron chi connectivity index (χ4n) is 4.40. The molecule has 2 aliphatic heterocycles. The van der Waals surface area contributed by atoms with Crippen LogP contribution in [-0.2, 0) is 0 Å². The molecule has 1 heteroatoms. The lowest BCUT2D eigenvalue weighted by Crippen LogP contribution is -2.66. The second kappa shape index (κ2) is 3.76. The van der Waals surface area contributed by atoms with Crippen molar-refractivity contribution < 1.29 is 4.48 Å². The summed E-state index contributed by atoms with van der Waals surface area (Å²) in [4.78, 5) is 0. The fraction of sp³-hybridized carbons (Fsp3) is 1.00. The van der Waals surface area contributed by atoms with Gasteiger partial charge in [-0.3, -0.25) is 0 Å². The second-order valence-electron chi connectivity index (χ2n) is 6.32. The minimum Gasteiger partial charge on any atom is -0.319 e. The van der Waals surface area contributed by atoms with Crippen molar-refractivity contribution in [3.05, 3.63) is 0 Å². The summed E-state index contributed by atoms with van der Waals surface area (Å²) in [6.07, 6.45) is 2.92. The molecule has 0 saturated carbocycles. The van der Waals surface area contributed by atoms with Gasteiger partial charge >= 0.3 is 0 Å². The van der Waals surface area contributed by atoms with E-state index < -0.39 is 0 Å². The van der Waals surface area contributed by atoms with E-state index in [0.717, 1.165) is 29.8 Å². The van der Waals surface area contributed by atoms with Crippen LogP contribution in [0.5, 0.6) is 0 Å². The van der Waals surface area contributed by atoms with Crippen molar-refractivity contribution >= 4 is 0 Å². The molecule has 4 unspecified atom stereocenters. The number of hydrogen-bond acceptors (Lipinski definition) is 0. The van der Waals surface area contributed by atoms with Gasteiger partial charge in [-0.05, 0) is 19.8 Å². The molecule has 1 nitrogen and oxygen atoms in total. The van der Waals surface area contributed by atoms with Gasteiger partial charge in [0.25, 0.3) is 0 Å². The van der Waals surface area contributed by atoms with Crippen LogP contribution in [0.2, 0.25) is 0 Å². The SMILES string of the molecule is CC1C(C)C(C)[N+]2(CCCC2)C(C)C1C. The molecule has 0 aromatic rings. The quantitative estimate of drug-likeness (QED) is 0.538. The highest BCUT2D eigenvalue weighted by atomic mass is 15.4. The minimum absolute atomic E-state index is 0.883. The fourth-order valence-corrected chi connectivity index (χ4v) is 4.40. The first-order valence-electron chi connectivity index (χ1n) is 6.87. The van der Waals surface area contributed by atoms with Gasteiger partial charge in [-0.15, -0.1) is 0 Å². The number of quaternary nitrogens is 1. The predicted octanol–water partition coefficient (Wildman–Crippen LogP) is 3.30. The van der Waals surface area contributed by atoms with Crippen LogP contribution in [0.1, 0.15) is 47.5 Å². The molecule has 0 amide bonds. The molecule has 0 aromatic heterocycles. The molecule has 2 aliphatic rings. The summed E-state index contributed by atoms with van der Waals surface area (Å²) in [6, 6.07) is 1.77. The van der Waals surface area contributed by atoms with Crippen LogP contribution < -0.4 is 0 Å². The van der Waals surface area contributed by atoms with Gasteiger partial charge in [0.05, 0.1) is 25.2 Å². The zero-order valence-electron chi connectivity index (χ0n) is 11.2. The van der Waals surface area contributed by atoms with E-state index in [1.54, 1.807) is 0 Å². The highest BCUT2D eigenvalue weighted by Gasteiger charge is 2.52. The summed E-state index contributed by atoms with van der Waals surface area (Å²) >= 11 is 0. The zero-order chi connectivity index (χ0) is 11.2. The lowest BCUT2D eigenvalue weighted by atomic mass is 9.71. The number of piperidine rings is 1. The first-order valence-corrected chi connectivity index (χ1v) is 6.87. The summed E-state index contributed by atoms with van der Waals surface area (Å²) in [7, 11) is 0. The molecule has 15 heavy (non-hydrogen) atoms. The third-order valence-corrected chi connectivity index (χ3v) is 6.20. The molecule has 2 fully saturated rings. The second-order valence-corrected chi connectivity index (χ2v) is 6.32. The van der Waals surface area contributed by atoms with Gasteiger partial charge in [-0.2, -0.15) is 0 Å². The molecule has 88 valence electrons. The van der Waals surface area contributed by atoms with E-state index in [-0.39, 0.29) is 0 Å². The first-order chi connectivity index (χ1) is 7.00. The molecule has 0 aliphatic carbocycles. The van der Waals surface area contributed by atoms with Crippen molar-refractivity contribution in [1.82, 2.24) is 0 Å². The van der Waals surface area contributed by atoms with Crippen molar-refractivity contribution in [2.45, 2.75) is 59.5 Å². The Labute approximate surface area is 95.4 Å². The average molecular weight is 210 g/mol. The molecule has 2 heterocycles. The Balaban J connectivity index is 2.29. The van der Waals surface area contributed by atoms with Crippen molar-refractivity contribution in [3.63, 3.8) is 0 Å². The van der Waals surface area contributed by atoms with E-state index in [4.69, 9.17) is 0 Å². The van der Waals surface area contributed by atoms with E-state index >= 15 is 0 Å². The van der Waals surface area contributed by atoms with E-state index in [9.17, 15) is 0 Å². The Kier molecular flexibility index (Phi) is 2.87.